The third-order valence-electron chi connectivity index (χ3n) is 3.16. The van der Waals surface area contributed by atoms with Gasteiger partial charge in [-0.15, -0.1) is 0 Å². The number of nitrogens with zero attached hydrogens (tertiary/aromatic N) is 2. The summed E-state index contributed by atoms with van der Waals surface area (Å²) in [5.74, 6) is 0. The van der Waals surface area contributed by atoms with E-state index in [9.17, 15) is 0 Å². The van der Waals surface area contributed by atoms with Crippen molar-refractivity contribution in [3.63, 3.8) is 0 Å². The molecule has 2 unspecified atom stereocenters. The zero-order valence-corrected chi connectivity index (χ0v) is 9.42. The van der Waals surface area contributed by atoms with E-state index in [1.54, 1.807) is 7.11 Å². The minimum atomic E-state index is -0.0531. The third kappa shape index (κ3) is 2.46. The molecule has 0 aromatic rings. The fraction of sp³-hybridized carbons (Fsp3) is 0.909. The van der Waals surface area contributed by atoms with Crippen LogP contribution in [0.4, 0.5) is 0 Å². The Balaban J connectivity index is 2.60. The molecular formula is C11H20N2O. The molecular weight excluding hydrogens is 176 g/mol. The fourth-order valence-electron chi connectivity index (χ4n) is 2.11. The number of nitriles is 1. The van der Waals surface area contributed by atoms with Crippen LogP contribution in [0.2, 0.25) is 0 Å². The standard InChI is InChI=1S/C11H20N2O/c1-4-10(8-12)13-7-5-6-11(2,9-13)14-3/h10H,4-7,9H2,1-3H3. The van der Waals surface area contributed by atoms with Crippen LogP contribution < -0.4 is 0 Å². The maximum Gasteiger partial charge on any atom is 0.0976 e. The maximum absolute atomic E-state index is 8.99. The first-order valence-corrected chi connectivity index (χ1v) is 5.34. The van der Waals surface area contributed by atoms with Crippen molar-refractivity contribution in [3.05, 3.63) is 0 Å². The van der Waals surface area contributed by atoms with Crippen LogP contribution >= 0.6 is 0 Å². The molecule has 0 amide bonds. The lowest BCUT2D eigenvalue weighted by Gasteiger charge is -2.41. The summed E-state index contributed by atoms with van der Waals surface area (Å²) in [5, 5.41) is 8.99. The lowest BCUT2D eigenvalue weighted by molar-refractivity contribution is -0.0564. The topological polar surface area (TPSA) is 36.3 Å². The van der Waals surface area contributed by atoms with Crippen molar-refractivity contribution in [1.29, 1.82) is 5.26 Å². The zero-order chi connectivity index (χ0) is 10.6. The molecule has 1 aliphatic rings. The summed E-state index contributed by atoms with van der Waals surface area (Å²) in [6.45, 7) is 6.11. The van der Waals surface area contributed by atoms with Crippen LogP contribution in [0.1, 0.15) is 33.1 Å². The van der Waals surface area contributed by atoms with Crippen molar-refractivity contribution in [2.24, 2.45) is 0 Å². The summed E-state index contributed by atoms with van der Waals surface area (Å²) >= 11 is 0. The predicted octanol–water partition coefficient (Wildman–Crippen LogP) is 1.79. The molecule has 2 atom stereocenters. The number of likely N-dealkylation sites (tertiary alicyclic amines) is 1. The van der Waals surface area contributed by atoms with E-state index >= 15 is 0 Å². The molecule has 1 saturated heterocycles. The van der Waals surface area contributed by atoms with Gasteiger partial charge in [-0.25, -0.2) is 0 Å². The molecule has 1 heterocycles. The van der Waals surface area contributed by atoms with Crippen molar-refractivity contribution >= 4 is 0 Å². The van der Waals surface area contributed by atoms with E-state index in [2.05, 4.69) is 24.8 Å². The van der Waals surface area contributed by atoms with Crippen LogP contribution in [0, 0.1) is 11.3 Å². The number of piperidine rings is 1. The molecule has 14 heavy (non-hydrogen) atoms. The first-order valence-electron chi connectivity index (χ1n) is 5.34. The highest BCUT2D eigenvalue weighted by molar-refractivity contribution is 4.96. The van der Waals surface area contributed by atoms with Gasteiger partial charge in [0.05, 0.1) is 17.7 Å². The van der Waals surface area contributed by atoms with Crippen molar-refractivity contribution in [2.75, 3.05) is 20.2 Å². The Hall–Kier alpha value is -0.590. The van der Waals surface area contributed by atoms with Gasteiger partial charge in [-0.1, -0.05) is 6.92 Å². The lowest BCUT2D eigenvalue weighted by atomic mass is 9.93. The molecule has 0 bridgehead atoms. The first-order chi connectivity index (χ1) is 6.65. The number of hydrogen-bond donors (Lipinski definition) is 0. The van der Waals surface area contributed by atoms with E-state index in [1.807, 2.05) is 0 Å². The zero-order valence-electron chi connectivity index (χ0n) is 9.42. The first kappa shape index (κ1) is 11.5. The normalized spacial score (nSPS) is 31.0. The smallest absolute Gasteiger partial charge is 0.0976 e. The van der Waals surface area contributed by atoms with Crippen LogP contribution in [0.3, 0.4) is 0 Å². The number of ether oxygens (including phenoxy) is 1. The molecule has 0 aromatic heterocycles. The Morgan fingerprint density at radius 2 is 2.36 bits per heavy atom. The molecule has 3 nitrogen and oxygen atoms in total. The summed E-state index contributed by atoms with van der Waals surface area (Å²) in [6, 6.07) is 2.41. The Morgan fingerprint density at radius 3 is 2.86 bits per heavy atom. The highest BCUT2D eigenvalue weighted by Crippen LogP contribution is 2.25. The Bertz CT molecular complexity index is 224. The van der Waals surface area contributed by atoms with Crippen LogP contribution in [-0.2, 0) is 4.74 Å². The Labute approximate surface area is 86.6 Å². The van der Waals surface area contributed by atoms with Gasteiger partial charge in [-0.2, -0.15) is 5.26 Å². The van der Waals surface area contributed by atoms with Gasteiger partial charge in [0.15, 0.2) is 0 Å². The van der Waals surface area contributed by atoms with Crippen LogP contribution in [0.15, 0.2) is 0 Å². The largest absolute Gasteiger partial charge is 0.377 e. The van der Waals surface area contributed by atoms with E-state index in [0.29, 0.717) is 0 Å². The van der Waals surface area contributed by atoms with E-state index < -0.39 is 0 Å². The molecule has 1 rings (SSSR count). The summed E-state index contributed by atoms with van der Waals surface area (Å²) in [4.78, 5) is 2.24. The Kier molecular flexibility index (Phi) is 3.91. The Morgan fingerprint density at radius 1 is 1.64 bits per heavy atom. The highest BCUT2D eigenvalue weighted by atomic mass is 16.5. The van der Waals surface area contributed by atoms with Crippen molar-refractivity contribution < 1.29 is 4.74 Å². The average Bonchev–Trinajstić information content (AvgIpc) is 2.20. The third-order valence-corrected chi connectivity index (χ3v) is 3.16. The highest BCUT2D eigenvalue weighted by Gasteiger charge is 2.33. The predicted molar refractivity (Wildman–Crippen MR) is 55.9 cm³/mol. The molecule has 0 aromatic carbocycles. The van der Waals surface area contributed by atoms with E-state index in [4.69, 9.17) is 10.00 Å². The summed E-state index contributed by atoms with van der Waals surface area (Å²) in [7, 11) is 1.76. The molecule has 0 N–H and O–H groups in total. The summed E-state index contributed by atoms with van der Waals surface area (Å²) in [6.07, 6.45) is 3.13. The van der Waals surface area contributed by atoms with Gasteiger partial charge in [0.2, 0.25) is 0 Å². The van der Waals surface area contributed by atoms with Crippen LogP contribution in [0.5, 0.6) is 0 Å². The fourth-order valence-corrected chi connectivity index (χ4v) is 2.11. The molecule has 0 radical (unpaired) electrons. The summed E-state index contributed by atoms with van der Waals surface area (Å²) < 4.78 is 5.50. The minimum absolute atomic E-state index is 0.0531. The molecule has 0 aliphatic carbocycles. The molecule has 1 fully saturated rings. The van der Waals surface area contributed by atoms with Crippen molar-refractivity contribution in [2.45, 2.75) is 44.8 Å². The van der Waals surface area contributed by atoms with Gasteiger partial charge in [0.1, 0.15) is 0 Å². The monoisotopic (exact) mass is 196 g/mol. The number of methoxy groups -OCH3 is 1. The van der Waals surface area contributed by atoms with Gasteiger partial charge in [-0.05, 0) is 32.7 Å². The number of hydrogen-bond acceptors (Lipinski definition) is 3. The molecule has 0 saturated carbocycles. The maximum atomic E-state index is 8.99. The van der Waals surface area contributed by atoms with E-state index in [1.165, 1.54) is 0 Å². The van der Waals surface area contributed by atoms with Gasteiger partial charge >= 0.3 is 0 Å². The lowest BCUT2D eigenvalue weighted by Crippen LogP contribution is -2.50. The second-order valence-electron chi connectivity index (χ2n) is 4.28. The second-order valence-corrected chi connectivity index (χ2v) is 4.28. The van der Waals surface area contributed by atoms with Crippen LogP contribution in [-0.4, -0.2) is 36.7 Å². The van der Waals surface area contributed by atoms with Crippen LogP contribution in [0.25, 0.3) is 0 Å². The molecule has 1 aliphatic heterocycles. The molecule has 80 valence electrons. The van der Waals surface area contributed by atoms with Gasteiger partial charge in [-0.3, -0.25) is 4.90 Å². The van der Waals surface area contributed by atoms with Crippen molar-refractivity contribution in [3.8, 4) is 6.07 Å². The van der Waals surface area contributed by atoms with Gasteiger partial charge in [0.25, 0.3) is 0 Å². The minimum Gasteiger partial charge on any atom is -0.377 e. The van der Waals surface area contributed by atoms with E-state index in [0.717, 1.165) is 32.4 Å². The molecule has 0 spiro atoms. The van der Waals surface area contributed by atoms with Gasteiger partial charge < -0.3 is 4.74 Å². The summed E-state index contributed by atoms with van der Waals surface area (Å²) in [5.41, 5.74) is -0.0531. The second kappa shape index (κ2) is 4.77. The van der Waals surface area contributed by atoms with Crippen molar-refractivity contribution in [1.82, 2.24) is 4.90 Å². The SMILES string of the molecule is CCC(C#N)N1CCCC(C)(OC)C1. The van der Waals surface area contributed by atoms with Gasteiger partial charge in [0, 0.05) is 13.7 Å². The van der Waals surface area contributed by atoms with E-state index in [-0.39, 0.29) is 11.6 Å². The quantitative estimate of drug-likeness (QED) is 0.690. The molecule has 3 heteroatoms. The number of rotatable bonds is 3. The average molecular weight is 196 g/mol.